The van der Waals surface area contributed by atoms with Crippen molar-refractivity contribution in [1.29, 1.82) is 0 Å². The zero-order valence-corrected chi connectivity index (χ0v) is 10.6. The van der Waals surface area contributed by atoms with E-state index in [1.165, 1.54) is 12.3 Å². The highest BCUT2D eigenvalue weighted by Gasteiger charge is 2.27. The van der Waals surface area contributed by atoms with Gasteiger partial charge in [-0.2, -0.15) is 0 Å². The molecule has 3 N–H and O–H groups in total. The first-order chi connectivity index (χ1) is 9.04. The van der Waals surface area contributed by atoms with Gasteiger partial charge in [-0.1, -0.05) is 11.3 Å². The average molecular weight is 281 g/mol. The molecule has 100 valence electrons. The Labute approximate surface area is 112 Å². The SMILES string of the molecule is O=C(O)/C=C/c1cnc(NC(=O)C2CCC(=O)N2)s1. The number of hydrogen-bond donors (Lipinski definition) is 3. The fraction of sp³-hybridized carbons (Fsp3) is 0.273. The number of amides is 2. The van der Waals surface area contributed by atoms with Crippen LogP contribution in [0.1, 0.15) is 17.7 Å². The number of thiazole rings is 1. The lowest BCUT2D eigenvalue weighted by Gasteiger charge is -2.08. The number of carboxylic acids is 1. The largest absolute Gasteiger partial charge is 0.478 e. The molecule has 0 radical (unpaired) electrons. The maximum absolute atomic E-state index is 11.8. The van der Waals surface area contributed by atoms with E-state index < -0.39 is 12.0 Å². The predicted octanol–water partition coefficient (Wildman–Crippen LogP) is 0.458. The summed E-state index contributed by atoms with van der Waals surface area (Å²) in [4.78, 5) is 37.7. The van der Waals surface area contributed by atoms with Crippen LogP contribution in [0.15, 0.2) is 12.3 Å². The van der Waals surface area contributed by atoms with Crippen LogP contribution >= 0.6 is 11.3 Å². The van der Waals surface area contributed by atoms with Crippen molar-refractivity contribution in [3.05, 3.63) is 17.2 Å². The molecule has 1 aromatic rings. The summed E-state index contributed by atoms with van der Waals surface area (Å²) in [5, 5.41) is 14.0. The third-order valence-corrected chi connectivity index (χ3v) is 3.33. The fourth-order valence-corrected chi connectivity index (χ4v) is 2.30. The number of nitrogens with zero attached hydrogens (tertiary/aromatic N) is 1. The number of nitrogens with one attached hydrogen (secondary N) is 2. The number of aliphatic carboxylic acids is 1. The van der Waals surface area contributed by atoms with Gasteiger partial charge < -0.3 is 15.7 Å². The summed E-state index contributed by atoms with van der Waals surface area (Å²) in [7, 11) is 0. The quantitative estimate of drug-likeness (QED) is 0.695. The molecule has 0 aliphatic carbocycles. The van der Waals surface area contributed by atoms with Crippen LogP contribution in [0.4, 0.5) is 5.13 Å². The standard InChI is InChI=1S/C11H11N3O4S/c15-8-3-2-7(13-8)10(18)14-11-12-5-6(19-11)1-4-9(16)17/h1,4-5,7H,2-3H2,(H,13,15)(H,16,17)(H,12,14,18)/b4-1+. The van der Waals surface area contributed by atoms with Gasteiger partial charge in [-0.25, -0.2) is 9.78 Å². The van der Waals surface area contributed by atoms with E-state index in [0.717, 1.165) is 17.4 Å². The fourth-order valence-electron chi connectivity index (χ4n) is 1.58. The van der Waals surface area contributed by atoms with Crippen molar-refractivity contribution in [2.24, 2.45) is 0 Å². The van der Waals surface area contributed by atoms with Crippen LogP contribution in [-0.2, 0) is 14.4 Å². The summed E-state index contributed by atoms with van der Waals surface area (Å²) in [5.74, 6) is -1.49. The molecule has 2 rings (SSSR count). The minimum absolute atomic E-state index is 0.135. The summed E-state index contributed by atoms with van der Waals surface area (Å²) < 4.78 is 0. The highest BCUT2D eigenvalue weighted by atomic mass is 32.1. The van der Waals surface area contributed by atoms with Gasteiger partial charge in [-0.3, -0.25) is 9.59 Å². The molecule has 1 atom stereocenters. The molecule has 0 aromatic carbocycles. The smallest absolute Gasteiger partial charge is 0.328 e. The summed E-state index contributed by atoms with van der Waals surface area (Å²) >= 11 is 1.16. The number of anilines is 1. The van der Waals surface area contributed by atoms with Gasteiger partial charge >= 0.3 is 5.97 Å². The maximum atomic E-state index is 11.8. The van der Waals surface area contributed by atoms with E-state index in [1.807, 2.05) is 0 Å². The first kappa shape index (κ1) is 13.2. The summed E-state index contributed by atoms with van der Waals surface area (Å²) in [6.07, 6.45) is 4.68. The van der Waals surface area contributed by atoms with Crippen molar-refractivity contribution >= 4 is 40.3 Å². The molecule has 1 unspecified atom stereocenters. The van der Waals surface area contributed by atoms with Crippen molar-refractivity contribution in [2.75, 3.05) is 5.32 Å². The van der Waals surface area contributed by atoms with Crippen LogP contribution in [0.5, 0.6) is 0 Å². The van der Waals surface area contributed by atoms with Gasteiger partial charge in [0.1, 0.15) is 6.04 Å². The molecule has 19 heavy (non-hydrogen) atoms. The van der Waals surface area contributed by atoms with Crippen LogP contribution in [0, 0.1) is 0 Å². The first-order valence-electron chi connectivity index (χ1n) is 5.51. The van der Waals surface area contributed by atoms with E-state index in [9.17, 15) is 14.4 Å². The number of carbonyl (C=O) groups is 3. The second-order valence-corrected chi connectivity index (χ2v) is 4.95. The summed E-state index contributed by atoms with van der Waals surface area (Å²) in [5.41, 5.74) is 0. The zero-order chi connectivity index (χ0) is 13.8. The number of carboxylic acid groups (broad SMARTS) is 1. The molecule has 1 fully saturated rings. The lowest BCUT2D eigenvalue weighted by Crippen LogP contribution is -2.37. The van der Waals surface area contributed by atoms with E-state index in [4.69, 9.17) is 5.11 Å². The Kier molecular flexibility index (Phi) is 3.91. The van der Waals surface area contributed by atoms with E-state index in [0.29, 0.717) is 22.9 Å². The van der Waals surface area contributed by atoms with Gasteiger partial charge in [-0.15, -0.1) is 0 Å². The molecule has 2 heterocycles. The molecule has 1 aromatic heterocycles. The molecular formula is C11H11N3O4S. The Morgan fingerprint density at radius 3 is 3.00 bits per heavy atom. The molecule has 0 bridgehead atoms. The summed E-state index contributed by atoms with van der Waals surface area (Å²) in [6, 6.07) is -0.519. The first-order valence-corrected chi connectivity index (χ1v) is 6.33. The zero-order valence-electron chi connectivity index (χ0n) is 9.75. The summed E-state index contributed by atoms with van der Waals surface area (Å²) in [6.45, 7) is 0. The maximum Gasteiger partial charge on any atom is 0.328 e. The van der Waals surface area contributed by atoms with E-state index >= 15 is 0 Å². The number of rotatable bonds is 4. The molecule has 1 saturated heterocycles. The minimum atomic E-state index is -1.05. The molecule has 0 spiro atoms. The second-order valence-electron chi connectivity index (χ2n) is 3.89. The van der Waals surface area contributed by atoms with Crippen LogP contribution in [0.2, 0.25) is 0 Å². The van der Waals surface area contributed by atoms with Gasteiger partial charge in [0.15, 0.2) is 5.13 Å². The van der Waals surface area contributed by atoms with Crippen molar-refractivity contribution in [1.82, 2.24) is 10.3 Å². The second kappa shape index (κ2) is 5.61. The van der Waals surface area contributed by atoms with Crippen LogP contribution < -0.4 is 10.6 Å². The van der Waals surface area contributed by atoms with E-state index in [1.54, 1.807) is 0 Å². The lowest BCUT2D eigenvalue weighted by molar-refractivity contribution is -0.131. The average Bonchev–Trinajstić information content (AvgIpc) is 2.95. The normalized spacial score (nSPS) is 18.5. The number of aromatic nitrogens is 1. The topological polar surface area (TPSA) is 108 Å². The molecule has 0 saturated carbocycles. The third kappa shape index (κ3) is 3.62. The highest BCUT2D eigenvalue weighted by Crippen LogP contribution is 2.20. The number of hydrogen-bond acceptors (Lipinski definition) is 5. The van der Waals surface area contributed by atoms with Gasteiger partial charge in [0.2, 0.25) is 11.8 Å². The Hall–Kier alpha value is -2.22. The molecular weight excluding hydrogens is 270 g/mol. The van der Waals surface area contributed by atoms with Gasteiger partial charge in [0.25, 0.3) is 0 Å². The predicted molar refractivity (Wildman–Crippen MR) is 68.6 cm³/mol. The van der Waals surface area contributed by atoms with E-state index in [-0.39, 0.29) is 11.8 Å². The van der Waals surface area contributed by atoms with Gasteiger partial charge in [0.05, 0.1) is 0 Å². The Morgan fingerprint density at radius 2 is 2.37 bits per heavy atom. The molecule has 8 heteroatoms. The Bertz CT molecular complexity index is 552. The highest BCUT2D eigenvalue weighted by molar-refractivity contribution is 7.16. The molecule has 1 aliphatic rings. The van der Waals surface area contributed by atoms with Crippen LogP contribution in [-0.4, -0.2) is 33.9 Å². The third-order valence-electron chi connectivity index (χ3n) is 2.46. The number of carbonyl (C=O) groups excluding carboxylic acids is 2. The van der Waals surface area contributed by atoms with Crippen molar-refractivity contribution in [3.8, 4) is 0 Å². The van der Waals surface area contributed by atoms with Gasteiger partial charge in [0, 0.05) is 23.6 Å². The Morgan fingerprint density at radius 1 is 1.58 bits per heavy atom. The van der Waals surface area contributed by atoms with Crippen molar-refractivity contribution in [3.63, 3.8) is 0 Å². The minimum Gasteiger partial charge on any atom is -0.478 e. The monoisotopic (exact) mass is 281 g/mol. The van der Waals surface area contributed by atoms with Gasteiger partial charge in [-0.05, 0) is 12.5 Å². The van der Waals surface area contributed by atoms with Crippen molar-refractivity contribution < 1.29 is 19.5 Å². The molecule has 1 aliphatic heterocycles. The molecule has 2 amide bonds. The Balaban J connectivity index is 1.94. The van der Waals surface area contributed by atoms with Crippen molar-refractivity contribution in [2.45, 2.75) is 18.9 Å². The van der Waals surface area contributed by atoms with Crippen LogP contribution in [0.3, 0.4) is 0 Å². The van der Waals surface area contributed by atoms with E-state index in [2.05, 4.69) is 15.6 Å². The molecule has 7 nitrogen and oxygen atoms in total. The van der Waals surface area contributed by atoms with Crippen LogP contribution in [0.25, 0.3) is 6.08 Å². The lowest BCUT2D eigenvalue weighted by atomic mass is 10.2.